The van der Waals surface area contributed by atoms with Crippen LogP contribution in [-0.2, 0) is 19.5 Å². The highest BCUT2D eigenvalue weighted by Crippen LogP contribution is 2.22. The van der Waals surface area contributed by atoms with Crippen LogP contribution in [0.4, 0.5) is 0 Å². The molecule has 1 aromatic rings. The van der Waals surface area contributed by atoms with E-state index in [1.807, 2.05) is 11.3 Å². The number of hydrogen-bond donors (Lipinski definition) is 1. The van der Waals surface area contributed by atoms with Crippen molar-refractivity contribution >= 4 is 11.3 Å². The Hall–Kier alpha value is -0.450. The fourth-order valence-corrected chi connectivity index (χ4v) is 3.69. The molecule has 0 saturated carbocycles. The lowest BCUT2D eigenvalue weighted by atomic mass is 10.2. The number of rotatable bonds is 7. The number of nitrogens with zero attached hydrogens (tertiary/aromatic N) is 2. The maximum atomic E-state index is 4.83. The lowest BCUT2D eigenvalue weighted by Crippen LogP contribution is -2.19. The van der Waals surface area contributed by atoms with Crippen LogP contribution in [0.15, 0.2) is 0 Å². The van der Waals surface area contributed by atoms with Gasteiger partial charge in [0.2, 0.25) is 0 Å². The summed E-state index contributed by atoms with van der Waals surface area (Å²) in [6.45, 7) is 12.3. The van der Waals surface area contributed by atoms with E-state index in [2.05, 4.69) is 31.0 Å². The molecule has 0 spiro atoms. The molecule has 3 nitrogen and oxygen atoms in total. The molecule has 19 heavy (non-hydrogen) atoms. The molecule has 1 aliphatic heterocycles. The second-order valence-electron chi connectivity index (χ2n) is 5.84. The van der Waals surface area contributed by atoms with Gasteiger partial charge in [-0.2, -0.15) is 0 Å². The van der Waals surface area contributed by atoms with Gasteiger partial charge in [-0.15, -0.1) is 11.3 Å². The normalized spacial score (nSPS) is 16.6. The highest BCUT2D eigenvalue weighted by atomic mass is 32.1. The molecule has 4 heteroatoms. The number of nitrogens with one attached hydrogen (secondary N) is 1. The summed E-state index contributed by atoms with van der Waals surface area (Å²) in [5, 5.41) is 4.85. The molecule has 1 fully saturated rings. The van der Waals surface area contributed by atoms with Crippen LogP contribution < -0.4 is 5.32 Å². The first-order valence-electron chi connectivity index (χ1n) is 7.59. The van der Waals surface area contributed by atoms with E-state index in [9.17, 15) is 0 Å². The van der Waals surface area contributed by atoms with Crippen molar-refractivity contribution in [1.29, 1.82) is 0 Å². The van der Waals surface area contributed by atoms with Gasteiger partial charge in [-0.3, -0.25) is 4.90 Å². The van der Waals surface area contributed by atoms with Gasteiger partial charge in [0.25, 0.3) is 0 Å². The zero-order valence-corrected chi connectivity index (χ0v) is 13.4. The summed E-state index contributed by atoms with van der Waals surface area (Å²) in [4.78, 5) is 8.80. The molecule has 0 radical (unpaired) electrons. The molecule has 1 saturated heterocycles. The first-order valence-corrected chi connectivity index (χ1v) is 8.41. The highest BCUT2D eigenvalue weighted by molar-refractivity contribution is 7.11. The van der Waals surface area contributed by atoms with Crippen molar-refractivity contribution in [2.45, 2.75) is 53.1 Å². The largest absolute Gasteiger partial charge is 0.312 e. The zero-order chi connectivity index (χ0) is 13.7. The maximum absolute atomic E-state index is 4.83. The first kappa shape index (κ1) is 14.9. The Morgan fingerprint density at radius 1 is 1.32 bits per heavy atom. The number of thiazole rings is 1. The molecule has 0 aromatic carbocycles. The Kier molecular flexibility index (Phi) is 5.79. The Balaban J connectivity index is 1.91. The van der Waals surface area contributed by atoms with Gasteiger partial charge in [0, 0.05) is 11.4 Å². The third-order valence-corrected chi connectivity index (χ3v) is 4.64. The van der Waals surface area contributed by atoms with Crippen LogP contribution >= 0.6 is 11.3 Å². The second-order valence-corrected chi connectivity index (χ2v) is 7.01. The predicted molar refractivity (Wildman–Crippen MR) is 82.5 cm³/mol. The van der Waals surface area contributed by atoms with Crippen LogP contribution in [0.25, 0.3) is 0 Å². The number of aryl methyl sites for hydroxylation is 1. The first-order chi connectivity index (χ1) is 9.19. The average Bonchev–Trinajstić information content (AvgIpc) is 2.99. The molecule has 2 rings (SSSR count). The summed E-state index contributed by atoms with van der Waals surface area (Å²) < 4.78 is 0. The summed E-state index contributed by atoms with van der Waals surface area (Å²) in [6.07, 6.45) is 3.76. The molecule has 108 valence electrons. The summed E-state index contributed by atoms with van der Waals surface area (Å²) in [7, 11) is 0. The lowest BCUT2D eigenvalue weighted by molar-refractivity contribution is 0.330. The molecule has 1 N–H and O–H groups in total. The monoisotopic (exact) mass is 281 g/mol. The molecule has 2 heterocycles. The molecule has 0 aliphatic carbocycles. The predicted octanol–water partition coefficient (Wildman–Crippen LogP) is 3.05. The maximum Gasteiger partial charge on any atom is 0.107 e. The van der Waals surface area contributed by atoms with Crippen molar-refractivity contribution in [3.63, 3.8) is 0 Å². The van der Waals surface area contributed by atoms with Crippen molar-refractivity contribution in [2.24, 2.45) is 5.92 Å². The SMILES string of the molecule is CCc1nc(CN2CCCC2)sc1CNCC(C)C. The molecule has 0 bridgehead atoms. The van der Waals surface area contributed by atoms with E-state index in [1.54, 1.807) is 0 Å². The Morgan fingerprint density at radius 3 is 2.68 bits per heavy atom. The van der Waals surface area contributed by atoms with Crippen molar-refractivity contribution in [1.82, 2.24) is 15.2 Å². The minimum Gasteiger partial charge on any atom is -0.312 e. The van der Waals surface area contributed by atoms with Crippen molar-refractivity contribution in [3.05, 3.63) is 15.6 Å². The van der Waals surface area contributed by atoms with Gasteiger partial charge in [-0.25, -0.2) is 4.98 Å². The van der Waals surface area contributed by atoms with Crippen LogP contribution in [0.5, 0.6) is 0 Å². The molecular formula is C15H27N3S. The summed E-state index contributed by atoms with van der Waals surface area (Å²) in [6, 6.07) is 0. The minimum absolute atomic E-state index is 0.710. The summed E-state index contributed by atoms with van der Waals surface area (Å²) in [5.41, 5.74) is 1.30. The van der Waals surface area contributed by atoms with E-state index < -0.39 is 0 Å². The van der Waals surface area contributed by atoms with E-state index in [0.29, 0.717) is 5.92 Å². The van der Waals surface area contributed by atoms with E-state index in [4.69, 9.17) is 4.98 Å². The fourth-order valence-electron chi connectivity index (χ4n) is 2.53. The molecule has 1 aliphatic rings. The van der Waals surface area contributed by atoms with E-state index in [0.717, 1.165) is 26.1 Å². The Bertz CT molecular complexity index is 381. The van der Waals surface area contributed by atoms with Crippen LogP contribution in [-0.4, -0.2) is 29.5 Å². The third-order valence-electron chi connectivity index (χ3n) is 3.55. The quantitative estimate of drug-likeness (QED) is 0.832. The van der Waals surface area contributed by atoms with Gasteiger partial charge >= 0.3 is 0 Å². The van der Waals surface area contributed by atoms with Gasteiger partial charge in [-0.1, -0.05) is 20.8 Å². The number of likely N-dealkylation sites (tertiary alicyclic amines) is 1. The third kappa shape index (κ3) is 4.55. The van der Waals surface area contributed by atoms with Gasteiger partial charge in [0.1, 0.15) is 5.01 Å². The van der Waals surface area contributed by atoms with Gasteiger partial charge in [0.15, 0.2) is 0 Å². The zero-order valence-electron chi connectivity index (χ0n) is 12.5. The van der Waals surface area contributed by atoms with Gasteiger partial charge in [-0.05, 0) is 44.8 Å². The van der Waals surface area contributed by atoms with Crippen LogP contribution in [0, 0.1) is 5.92 Å². The molecular weight excluding hydrogens is 254 g/mol. The molecule has 0 unspecified atom stereocenters. The summed E-state index contributed by atoms with van der Waals surface area (Å²) >= 11 is 1.91. The highest BCUT2D eigenvalue weighted by Gasteiger charge is 2.15. The van der Waals surface area contributed by atoms with E-state index in [-0.39, 0.29) is 0 Å². The van der Waals surface area contributed by atoms with Gasteiger partial charge in [0.05, 0.1) is 12.2 Å². The second kappa shape index (κ2) is 7.36. The van der Waals surface area contributed by atoms with E-state index >= 15 is 0 Å². The number of hydrogen-bond acceptors (Lipinski definition) is 4. The smallest absolute Gasteiger partial charge is 0.107 e. The average molecular weight is 281 g/mol. The van der Waals surface area contributed by atoms with Crippen LogP contribution in [0.3, 0.4) is 0 Å². The Morgan fingerprint density at radius 2 is 2.05 bits per heavy atom. The van der Waals surface area contributed by atoms with Crippen molar-refractivity contribution < 1.29 is 0 Å². The topological polar surface area (TPSA) is 28.2 Å². The summed E-state index contributed by atoms with van der Waals surface area (Å²) in [5.74, 6) is 0.710. The standard InChI is InChI=1S/C15H27N3S/c1-4-13-14(10-16-9-12(2)3)19-15(17-13)11-18-7-5-6-8-18/h12,16H,4-11H2,1-3H3. The lowest BCUT2D eigenvalue weighted by Gasteiger charge is -2.11. The van der Waals surface area contributed by atoms with Crippen molar-refractivity contribution in [2.75, 3.05) is 19.6 Å². The molecule has 1 aromatic heterocycles. The fraction of sp³-hybridized carbons (Fsp3) is 0.800. The molecule has 0 atom stereocenters. The van der Waals surface area contributed by atoms with Gasteiger partial charge < -0.3 is 5.32 Å². The van der Waals surface area contributed by atoms with Crippen molar-refractivity contribution in [3.8, 4) is 0 Å². The van der Waals surface area contributed by atoms with Crippen LogP contribution in [0.1, 0.15) is 49.2 Å². The van der Waals surface area contributed by atoms with Crippen LogP contribution in [0.2, 0.25) is 0 Å². The number of aromatic nitrogens is 1. The molecule has 0 amide bonds. The van der Waals surface area contributed by atoms with E-state index in [1.165, 1.54) is 41.5 Å². The minimum atomic E-state index is 0.710. The Labute approximate surface area is 121 Å².